The van der Waals surface area contributed by atoms with Crippen LogP contribution in [0.3, 0.4) is 0 Å². The Balaban J connectivity index is 2.29. The fourth-order valence-corrected chi connectivity index (χ4v) is 2.85. The van der Waals surface area contributed by atoms with Crippen LogP contribution >= 0.6 is 0 Å². The summed E-state index contributed by atoms with van der Waals surface area (Å²) < 4.78 is 25.8. The highest BCUT2D eigenvalue weighted by Gasteiger charge is 2.19. The van der Waals surface area contributed by atoms with Gasteiger partial charge < -0.3 is 14.6 Å². The molecule has 0 amide bonds. The maximum Gasteiger partial charge on any atom is 0.358 e. The summed E-state index contributed by atoms with van der Waals surface area (Å²) in [5.74, 6) is -1.61. The molecule has 2 aromatic rings. The number of halogens is 1. The molecule has 25 heavy (non-hydrogen) atoms. The van der Waals surface area contributed by atoms with Crippen molar-refractivity contribution < 1.29 is 23.8 Å². The number of ether oxygens (including phenoxy) is 2. The minimum Gasteiger partial charge on any atom is -0.493 e. The van der Waals surface area contributed by atoms with Gasteiger partial charge in [-0.3, -0.25) is 0 Å². The molecule has 7 nitrogen and oxygen atoms in total. The van der Waals surface area contributed by atoms with Crippen molar-refractivity contribution in [2.24, 2.45) is 0 Å². The van der Waals surface area contributed by atoms with Crippen LogP contribution in [0.1, 0.15) is 10.5 Å². The fraction of sp³-hybridized carbons (Fsp3) is 0.438. The lowest BCUT2D eigenvalue weighted by Crippen LogP contribution is -2.22. The SMILES string of the molecule is COC(=O)c1cc(-c2cc(O)ncc2F)n(COCC[Si](C)(C)C)n1. The average Bonchev–Trinajstić information content (AvgIpc) is 2.96. The maximum atomic E-state index is 14.1. The lowest BCUT2D eigenvalue weighted by atomic mass is 10.1. The van der Waals surface area contributed by atoms with Gasteiger partial charge in [-0.05, 0) is 12.1 Å². The van der Waals surface area contributed by atoms with Gasteiger partial charge in [0.15, 0.2) is 11.5 Å². The normalized spacial score (nSPS) is 11.6. The summed E-state index contributed by atoms with van der Waals surface area (Å²) in [5.41, 5.74) is 0.398. The van der Waals surface area contributed by atoms with Gasteiger partial charge in [-0.15, -0.1) is 0 Å². The van der Waals surface area contributed by atoms with Gasteiger partial charge in [0, 0.05) is 26.3 Å². The van der Waals surface area contributed by atoms with Gasteiger partial charge in [-0.25, -0.2) is 18.9 Å². The number of nitrogens with zero attached hydrogens (tertiary/aromatic N) is 3. The van der Waals surface area contributed by atoms with Crippen LogP contribution in [0.5, 0.6) is 5.88 Å². The zero-order chi connectivity index (χ0) is 18.6. The van der Waals surface area contributed by atoms with E-state index in [4.69, 9.17) is 4.74 Å². The second-order valence-electron chi connectivity index (χ2n) is 6.78. The van der Waals surface area contributed by atoms with Crippen LogP contribution in [0.2, 0.25) is 25.7 Å². The van der Waals surface area contributed by atoms with Crippen LogP contribution in [0, 0.1) is 5.82 Å². The number of carbonyl (C=O) groups excluding carboxylic acids is 1. The lowest BCUT2D eigenvalue weighted by Gasteiger charge is -2.16. The van der Waals surface area contributed by atoms with E-state index in [1.807, 2.05) is 0 Å². The van der Waals surface area contributed by atoms with E-state index in [1.165, 1.54) is 23.9 Å². The molecule has 0 aromatic carbocycles. The monoisotopic (exact) mass is 367 g/mol. The smallest absolute Gasteiger partial charge is 0.358 e. The number of carbonyl (C=O) groups is 1. The molecule has 136 valence electrons. The largest absolute Gasteiger partial charge is 0.493 e. The van der Waals surface area contributed by atoms with Crippen LogP contribution < -0.4 is 0 Å². The zero-order valence-corrected chi connectivity index (χ0v) is 15.7. The van der Waals surface area contributed by atoms with E-state index in [0.717, 1.165) is 12.2 Å². The number of aromatic nitrogens is 3. The molecule has 0 bridgehead atoms. The third kappa shape index (κ3) is 5.10. The fourth-order valence-electron chi connectivity index (χ4n) is 2.09. The Labute approximate surface area is 146 Å². The van der Waals surface area contributed by atoms with Crippen molar-refractivity contribution >= 4 is 14.0 Å². The standard InChI is InChI=1S/C16H22FN3O4Si/c1-23-16(22)13-8-14(11-7-15(21)18-9-12(11)17)20(19-13)10-24-5-6-25(2,3)4/h7-9H,5-6,10H2,1-4H3,(H,18,21). The topological polar surface area (TPSA) is 86.5 Å². The average molecular weight is 367 g/mol. The summed E-state index contributed by atoms with van der Waals surface area (Å²) in [4.78, 5) is 15.2. The Morgan fingerprint density at radius 2 is 2.08 bits per heavy atom. The Kier molecular flexibility index (Phi) is 5.91. The van der Waals surface area contributed by atoms with E-state index in [1.54, 1.807) is 0 Å². The van der Waals surface area contributed by atoms with Crippen LogP contribution in [-0.4, -0.2) is 47.6 Å². The van der Waals surface area contributed by atoms with Crippen LogP contribution in [0.4, 0.5) is 4.39 Å². The van der Waals surface area contributed by atoms with E-state index in [0.29, 0.717) is 12.3 Å². The van der Waals surface area contributed by atoms with Gasteiger partial charge >= 0.3 is 5.97 Å². The van der Waals surface area contributed by atoms with Gasteiger partial charge in [-0.1, -0.05) is 19.6 Å². The zero-order valence-electron chi connectivity index (χ0n) is 14.7. The molecule has 0 unspecified atom stereocenters. The van der Waals surface area contributed by atoms with Crippen molar-refractivity contribution in [2.45, 2.75) is 32.4 Å². The highest BCUT2D eigenvalue weighted by molar-refractivity contribution is 6.76. The molecule has 0 atom stereocenters. The van der Waals surface area contributed by atoms with Gasteiger partial charge in [0.2, 0.25) is 5.88 Å². The molecular weight excluding hydrogens is 345 g/mol. The van der Waals surface area contributed by atoms with E-state index >= 15 is 0 Å². The molecule has 0 saturated carbocycles. The summed E-state index contributed by atoms with van der Waals surface area (Å²) in [6.45, 7) is 7.31. The molecule has 0 aliphatic rings. The Bertz CT molecular complexity index is 758. The van der Waals surface area contributed by atoms with Crippen molar-refractivity contribution in [1.29, 1.82) is 0 Å². The van der Waals surface area contributed by atoms with Crippen LogP contribution in [0.25, 0.3) is 11.3 Å². The molecular formula is C16H22FN3O4Si. The van der Waals surface area contributed by atoms with E-state index in [2.05, 4.69) is 34.5 Å². The minimum atomic E-state index is -1.24. The number of rotatable bonds is 7. The Hall–Kier alpha value is -2.26. The van der Waals surface area contributed by atoms with E-state index in [9.17, 15) is 14.3 Å². The first-order valence-corrected chi connectivity index (χ1v) is 11.5. The molecule has 0 saturated heterocycles. The maximum absolute atomic E-state index is 14.1. The van der Waals surface area contributed by atoms with Gasteiger partial charge in [0.1, 0.15) is 6.73 Å². The van der Waals surface area contributed by atoms with Crippen molar-refractivity contribution in [3.8, 4) is 17.1 Å². The molecule has 9 heteroatoms. The molecule has 0 fully saturated rings. The molecule has 2 heterocycles. The first kappa shape index (κ1) is 19.1. The summed E-state index contributed by atoms with van der Waals surface area (Å²) in [6.07, 6.45) is 0.909. The van der Waals surface area contributed by atoms with Crippen molar-refractivity contribution in [2.75, 3.05) is 13.7 Å². The second-order valence-corrected chi connectivity index (χ2v) is 12.4. The van der Waals surface area contributed by atoms with Crippen molar-refractivity contribution in [3.63, 3.8) is 0 Å². The first-order valence-electron chi connectivity index (χ1n) is 7.80. The Morgan fingerprint density at radius 1 is 1.36 bits per heavy atom. The van der Waals surface area contributed by atoms with E-state index in [-0.39, 0.29) is 23.9 Å². The number of pyridine rings is 1. The highest BCUT2D eigenvalue weighted by atomic mass is 28.3. The molecule has 0 radical (unpaired) electrons. The molecule has 2 rings (SSSR count). The quantitative estimate of drug-likeness (QED) is 0.460. The number of methoxy groups -OCH3 is 1. The van der Waals surface area contributed by atoms with E-state index < -0.39 is 19.9 Å². The number of aromatic hydroxyl groups is 1. The number of esters is 1. The number of hydrogen-bond donors (Lipinski definition) is 1. The number of hydrogen-bond acceptors (Lipinski definition) is 6. The first-order chi connectivity index (χ1) is 11.7. The summed E-state index contributed by atoms with van der Waals surface area (Å²) in [6, 6.07) is 3.54. The lowest BCUT2D eigenvalue weighted by molar-refractivity contribution is 0.0583. The van der Waals surface area contributed by atoms with Crippen molar-refractivity contribution in [3.05, 3.63) is 29.8 Å². The predicted molar refractivity (Wildman–Crippen MR) is 92.5 cm³/mol. The van der Waals surface area contributed by atoms with Gasteiger partial charge in [0.25, 0.3) is 0 Å². The summed E-state index contributed by atoms with van der Waals surface area (Å²) >= 11 is 0. The summed E-state index contributed by atoms with van der Waals surface area (Å²) in [7, 11) is 0.00252. The Morgan fingerprint density at radius 3 is 2.72 bits per heavy atom. The van der Waals surface area contributed by atoms with Gasteiger partial charge in [0.05, 0.1) is 19.0 Å². The predicted octanol–water partition coefficient (Wildman–Crippen LogP) is 2.89. The third-order valence-electron chi connectivity index (χ3n) is 3.50. The molecule has 0 aliphatic carbocycles. The molecule has 1 N–H and O–H groups in total. The highest BCUT2D eigenvalue weighted by Crippen LogP contribution is 2.26. The van der Waals surface area contributed by atoms with Crippen LogP contribution in [-0.2, 0) is 16.2 Å². The molecule has 0 spiro atoms. The summed E-state index contributed by atoms with van der Waals surface area (Å²) in [5, 5.41) is 13.7. The third-order valence-corrected chi connectivity index (χ3v) is 5.21. The second kappa shape index (κ2) is 7.75. The van der Waals surface area contributed by atoms with Crippen molar-refractivity contribution in [1.82, 2.24) is 14.8 Å². The van der Waals surface area contributed by atoms with Crippen LogP contribution in [0.15, 0.2) is 18.3 Å². The minimum absolute atomic E-state index is 0.0296. The van der Waals surface area contributed by atoms with Gasteiger partial charge in [-0.2, -0.15) is 5.10 Å². The molecule has 0 aliphatic heterocycles. The molecule has 2 aromatic heterocycles.